The van der Waals surface area contributed by atoms with Crippen LogP contribution in [0.2, 0.25) is 0 Å². The van der Waals surface area contributed by atoms with Gasteiger partial charge >= 0.3 is 0 Å². The molecule has 1 aliphatic rings. The van der Waals surface area contributed by atoms with Crippen molar-refractivity contribution in [2.45, 2.75) is 25.8 Å². The number of imidazole rings is 1. The number of hydrogen-bond acceptors (Lipinski definition) is 9. The number of aromatic amines is 1. The summed E-state index contributed by atoms with van der Waals surface area (Å²) in [4.78, 5) is 35.4. The van der Waals surface area contributed by atoms with Gasteiger partial charge in [0, 0.05) is 64.7 Å². The molecule has 0 aromatic carbocycles. The van der Waals surface area contributed by atoms with Gasteiger partial charge in [-0.25, -0.2) is 19.9 Å². The Morgan fingerprint density at radius 1 is 1.14 bits per heavy atom. The maximum atomic E-state index is 12.3. The molecule has 4 aromatic heterocycles. The van der Waals surface area contributed by atoms with Crippen LogP contribution in [0, 0.1) is 0 Å². The zero-order valence-electron chi connectivity index (χ0n) is 20.8. The Kier molecular flexibility index (Phi) is 6.81. The van der Waals surface area contributed by atoms with Crippen molar-refractivity contribution >= 4 is 17.2 Å². The number of likely N-dealkylation sites (N-methyl/N-ethyl adjacent to an activating group) is 1. The van der Waals surface area contributed by atoms with E-state index in [4.69, 9.17) is 4.98 Å². The van der Waals surface area contributed by atoms with E-state index in [0.717, 1.165) is 49.8 Å². The molecule has 1 atom stereocenters. The van der Waals surface area contributed by atoms with E-state index in [0.29, 0.717) is 29.4 Å². The Balaban J connectivity index is 1.45. The number of hydrogen-bond donors (Lipinski definition) is 3. The summed E-state index contributed by atoms with van der Waals surface area (Å²) < 4.78 is 3.44. The topological polar surface area (TPSA) is 133 Å². The second-order valence-electron chi connectivity index (χ2n) is 9.38. The van der Waals surface area contributed by atoms with Crippen LogP contribution in [-0.4, -0.2) is 88.9 Å². The number of anilines is 2. The van der Waals surface area contributed by atoms with Gasteiger partial charge in [-0.1, -0.05) is 6.92 Å². The van der Waals surface area contributed by atoms with Crippen LogP contribution in [0.4, 0.5) is 11.6 Å². The molecule has 0 saturated carbocycles. The number of aliphatic hydroxyl groups is 1. The largest absolute Gasteiger partial charge is 0.396 e. The number of nitrogens with zero attached hydrogens (tertiary/aromatic N) is 8. The molecule has 5 rings (SSSR count). The molecule has 12 heteroatoms. The van der Waals surface area contributed by atoms with Gasteiger partial charge in [0.2, 0.25) is 0 Å². The first-order chi connectivity index (χ1) is 17.4. The molecule has 12 nitrogen and oxygen atoms in total. The number of rotatable bonds is 8. The third-order valence-corrected chi connectivity index (χ3v) is 6.69. The zero-order valence-corrected chi connectivity index (χ0v) is 20.8. The quantitative estimate of drug-likeness (QED) is 0.332. The van der Waals surface area contributed by atoms with E-state index in [1.54, 1.807) is 25.5 Å². The van der Waals surface area contributed by atoms with Gasteiger partial charge in [-0.2, -0.15) is 0 Å². The molecule has 1 aliphatic heterocycles. The number of piperazine rings is 1. The van der Waals surface area contributed by atoms with Crippen molar-refractivity contribution in [1.29, 1.82) is 0 Å². The van der Waals surface area contributed by atoms with Gasteiger partial charge in [0.25, 0.3) is 5.56 Å². The Hall–Kier alpha value is -3.61. The van der Waals surface area contributed by atoms with Gasteiger partial charge in [0.15, 0.2) is 5.82 Å². The van der Waals surface area contributed by atoms with E-state index in [2.05, 4.69) is 53.5 Å². The molecule has 1 saturated heterocycles. The van der Waals surface area contributed by atoms with Crippen LogP contribution in [0.25, 0.3) is 16.9 Å². The summed E-state index contributed by atoms with van der Waals surface area (Å²) >= 11 is 0. The monoisotopic (exact) mass is 492 g/mol. The summed E-state index contributed by atoms with van der Waals surface area (Å²) in [5, 5.41) is 15.6. The Bertz CT molecular complexity index is 1400. The highest BCUT2D eigenvalue weighted by atomic mass is 16.3. The van der Waals surface area contributed by atoms with Crippen molar-refractivity contribution in [2.24, 2.45) is 7.05 Å². The zero-order chi connectivity index (χ0) is 25.2. The SMILES string of the molecule is CC(CCO)c1nc(CN2CCN(C)CC2)c2cnc(Nc3ccnc(-c4c[nH]n(C)c4=O)n3)cn12. The molecular weight excluding hydrogens is 460 g/mol. The molecule has 0 bridgehead atoms. The fourth-order valence-corrected chi connectivity index (χ4v) is 4.45. The molecular formula is C24H32N10O2. The van der Waals surface area contributed by atoms with Gasteiger partial charge in [0.1, 0.15) is 23.0 Å². The normalized spacial score (nSPS) is 16.0. The van der Waals surface area contributed by atoms with Crippen molar-refractivity contribution in [3.8, 4) is 11.4 Å². The molecule has 4 aromatic rings. The number of fused-ring (bicyclic) bond motifs is 1. The van der Waals surface area contributed by atoms with E-state index in [1.165, 1.54) is 4.68 Å². The van der Waals surface area contributed by atoms with Crippen LogP contribution in [-0.2, 0) is 13.6 Å². The lowest BCUT2D eigenvalue weighted by molar-refractivity contribution is 0.147. The minimum absolute atomic E-state index is 0.0782. The summed E-state index contributed by atoms with van der Waals surface area (Å²) in [6, 6.07) is 1.73. The van der Waals surface area contributed by atoms with Crippen LogP contribution in [0.5, 0.6) is 0 Å². The van der Waals surface area contributed by atoms with E-state index in [9.17, 15) is 9.90 Å². The van der Waals surface area contributed by atoms with E-state index in [-0.39, 0.29) is 18.1 Å². The third kappa shape index (κ3) is 4.87. The Labute approximate surface area is 208 Å². The molecule has 36 heavy (non-hydrogen) atoms. The van der Waals surface area contributed by atoms with Gasteiger partial charge < -0.3 is 20.4 Å². The highest BCUT2D eigenvalue weighted by Crippen LogP contribution is 2.25. The van der Waals surface area contributed by atoms with Crippen molar-refractivity contribution in [3.63, 3.8) is 0 Å². The average molecular weight is 493 g/mol. The lowest BCUT2D eigenvalue weighted by Crippen LogP contribution is -2.43. The molecule has 0 spiro atoms. The minimum Gasteiger partial charge on any atom is -0.396 e. The van der Waals surface area contributed by atoms with Crippen LogP contribution < -0.4 is 10.9 Å². The third-order valence-electron chi connectivity index (χ3n) is 6.69. The molecule has 5 heterocycles. The predicted octanol–water partition coefficient (Wildman–Crippen LogP) is 1.19. The lowest BCUT2D eigenvalue weighted by atomic mass is 10.1. The van der Waals surface area contributed by atoms with Gasteiger partial charge in [-0.15, -0.1) is 0 Å². The van der Waals surface area contributed by atoms with Crippen molar-refractivity contribution in [3.05, 3.63) is 52.7 Å². The number of nitrogens with one attached hydrogen (secondary N) is 2. The van der Waals surface area contributed by atoms with Crippen LogP contribution >= 0.6 is 0 Å². The minimum atomic E-state index is -0.194. The first-order valence-electron chi connectivity index (χ1n) is 12.2. The molecule has 1 unspecified atom stereocenters. The number of H-pyrrole nitrogens is 1. The molecule has 1 fully saturated rings. The molecule has 0 radical (unpaired) electrons. The van der Waals surface area contributed by atoms with Crippen molar-refractivity contribution in [1.82, 2.24) is 43.9 Å². The Morgan fingerprint density at radius 3 is 2.67 bits per heavy atom. The second-order valence-corrected chi connectivity index (χ2v) is 9.38. The summed E-state index contributed by atoms with van der Waals surface area (Å²) in [7, 11) is 3.79. The fourth-order valence-electron chi connectivity index (χ4n) is 4.45. The lowest BCUT2D eigenvalue weighted by Gasteiger charge is -2.31. The molecule has 190 valence electrons. The summed E-state index contributed by atoms with van der Waals surface area (Å²) in [5.74, 6) is 2.42. The summed E-state index contributed by atoms with van der Waals surface area (Å²) in [5.41, 5.74) is 2.15. The number of aliphatic hydroxyl groups excluding tert-OH is 1. The molecule has 0 amide bonds. The fraction of sp³-hybridized carbons (Fsp3) is 0.458. The highest BCUT2D eigenvalue weighted by Gasteiger charge is 2.21. The van der Waals surface area contributed by atoms with Crippen molar-refractivity contribution < 1.29 is 5.11 Å². The maximum Gasteiger partial charge on any atom is 0.277 e. The van der Waals surface area contributed by atoms with Gasteiger partial charge in [-0.05, 0) is 19.5 Å². The van der Waals surface area contributed by atoms with Crippen molar-refractivity contribution in [2.75, 3.05) is 45.2 Å². The van der Waals surface area contributed by atoms with E-state index < -0.39 is 0 Å². The standard InChI is InChI=1S/C24H32N10O2/c1-16(5-11-35)23-28-18(14-33-9-7-31(2)8-10-33)19-13-26-21(15-34(19)23)29-20-4-6-25-22(30-20)17-12-27-32(3)24(17)36/h4,6,12-13,15-16,27,35H,5,7-11,14H2,1-3H3,(H,25,29,30). The summed E-state index contributed by atoms with van der Waals surface area (Å²) in [6.07, 6.45) is 7.57. The summed E-state index contributed by atoms with van der Waals surface area (Å²) in [6.45, 7) is 7.03. The first-order valence-corrected chi connectivity index (χ1v) is 12.2. The van der Waals surface area contributed by atoms with Crippen LogP contribution in [0.1, 0.15) is 30.8 Å². The van der Waals surface area contributed by atoms with Crippen LogP contribution in [0.15, 0.2) is 35.6 Å². The van der Waals surface area contributed by atoms with Crippen LogP contribution in [0.3, 0.4) is 0 Å². The Morgan fingerprint density at radius 2 is 1.94 bits per heavy atom. The molecule has 0 aliphatic carbocycles. The first kappa shape index (κ1) is 24.1. The van der Waals surface area contributed by atoms with Gasteiger partial charge in [-0.3, -0.25) is 18.8 Å². The predicted molar refractivity (Wildman–Crippen MR) is 136 cm³/mol. The average Bonchev–Trinajstić information content (AvgIpc) is 3.40. The van der Waals surface area contributed by atoms with E-state index in [1.807, 2.05) is 12.4 Å². The van der Waals surface area contributed by atoms with Gasteiger partial charge in [0.05, 0.1) is 23.6 Å². The molecule has 3 N–H and O–H groups in total. The second kappa shape index (κ2) is 10.2. The smallest absolute Gasteiger partial charge is 0.277 e. The number of aromatic nitrogens is 7. The highest BCUT2D eigenvalue weighted by molar-refractivity contribution is 5.60. The number of aryl methyl sites for hydroxylation is 1. The van der Waals surface area contributed by atoms with E-state index >= 15 is 0 Å². The maximum absolute atomic E-state index is 12.3.